The predicted molar refractivity (Wildman–Crippen MR) is 94.0 cm³/mol. The van der Waals surface area contributed by atoms with Crippen LogP contribution in [0.5, 0.6) is 0 Å². The maximum atomic E-state index is 12.2. The van der Waals surface area contributed by atoms with Gasteiger partial charge in [0.2, 0.25) is 15.9 Å². The highest BCUT2D eigenvalue weighted by Crippen LogP contribution is 2.26. The van der Waals surface area contributed by atoms with Crippen LogP contribution in [-0.4, -0.2) is 43.9 Å². The molecule has 2 aliphatic heterocycles. The summed E-state index contributed by atoms with van der Waals surface area (Å²) in [5.41, 5.74) is -0.181. The summed E-state index contributed by atoms with van der Waals surface area (Å²) in [6.07, 6.45) is 4.16. The molecule has 0 spiro atoms. The number of piperidine rings is 1. The summed E-state index contributed by atoms with van der Waals surface area (Å²) in [6, 6.07) is 5.70. The van der Waals surface area contributed by atoms with Crippen LogP contribution in [0.25, 0.3) is 0 Å². The van der Waals surface area contributed by atoms with E-state index in [2.05, 4.69) is 15.4 Å². The second-order valence-corrected chi connectivity index (χ2v) is 8.54. The summed E-state index contributed by atoms with van der Waals surface area (Å²) < 4.78 is 26.7. The molecular weight excluding hydrogens is 360 g/mol. The molecule has 2 aliphatic rings. The van der Waals surface area contributed by atoms with E-state index < -0.39 is 14.9 Å². The number of amides is 1. The van der Waals surface area contributed by atoms with Gasteiger partial charge in [0.25, 0.3) is 5.69 Å². The first-order valence-electron chi connectivity index (χ1n) is 8.63. The van der Waals surface area contributed by atoms with Crippen molar-refractivity contribution in [1.82, 2.24) is 15.4 Å². The molecule has 2 saturated heterocycles. The number of nitrogens with one attached hydrogen (secondary N) is 3. The Labute approximate surface area is 151 Å². The van der Waals surface area contributed by atoms with E-state index in [1.807, 2.05) is 0 Å². The van der Waals surface area contributed by atoms with Crippen molar-refractivity contribution in [2.24, 2.45) is 0 Å². The Hall–Kier alpha value is -2.04. The van der Waals surface area contributed by atoms with Crippen LogP contribution < -0.4 is 15.4 Å². The van der Waals surface area contributed by atoms with E-state index in [0.717, 1.165) is 37.8 Å². The summed E-state index contributed by atoms with van der Waals surface area (Å²) in [7, 11) is -3.80. The minimum absolute atomic E-state index is 0.0248. The summed E-state index contributed by atoms with van der Waals surface area (Å²) in [4.78, 5) is 22.0. The van der Waals surface area contributed by atoms with Gasteiger partial charge in [0.05, 0.1) is 9.82 Å². The summed E-state index contributed by atoms with van der Waals surface area (Å²) in [5.74, 6) is -0.178. The average Bonchev–Trinajstić information content (AvgIpc) is 2.93. The topological polar surface area (TPSA) is 130 Å². The molecule has 0 saturated carbocycles. The van der Waals surface area contributed by atoms with E-state index in [-0.39, 0.29) is 35.5 Å². The molecule has 1 aromatic rings. The lowest BCUT2D eigenvalue weighted by Crippen LogP contribution is -2.48. The third-order valence-electron chi connectivity index (χ3n) is 4.84. The molecule has 0 aliphatic carbocycles. The number of carbonyl (C=O) groups excluding carboxylic acids is 1. The molecule has 1 amide bonds. The Morgan fingerprint density at radius 1 is 1.19 bits per heavy atom. The van der Waals surface area contributed by atoms with Gasteiger partial charge in [-0.2, -0.15) is 0 Å². The van der Waals surface area contributed by atoms with Crippen molar-refractivity contribution in [1.29, 1.82) is 0 Å². The Morgan fingerprint density at radius 3 is 2.38 bits per heavy atom. The SMILES string of the molecule is O=C(CCNS(=O)(=O)c1ccc([N+](=O)[O-])cc1)NC1CC2CCC(C1)N2. The van der Waals surface area contributed by atoms with Gasteiger partial charge in [-0.25, -0.2) is 13.1 Å². The fraction of sp³-hybridized carbons (Fsp3) is 0.562. The van der Waals surface area contributed by atoms with Crippen LogP contribution in [0.2, 0.25) is 0 Å². The lowest BCUT2D eigenvalue weighted by Gasteiger charge is -2.29. The second-order valence-electron chi connectivity index (χ2n) is 6.77. The molecule has 26 heavy (non-hydrogen) atoms. The van der Waals surface area contributed by atoms with Gasteiger partial charge in [-0.1, -0.05) is 0 Å². The number of non-ortho nitro benzene ring substituents is 1. The number of rotatable bonds is 7. The van der Waals surface area contributed by atoms with Gasteiger partial charge in [0.15, 0.2) is 0 Å². The average molecular weight is 382 g/mol. The third-order valence-corrected chi connectivity index (χ3v) is 6.32. The molecular formula is C16H22N4O5S. The lowest BCUT2D eigenvalue weighted by molar-refractivity contribution is -0.384. The number of nitro benzene ring substituents is 1. The zero-order valence-electron chi connectivity index (χ0n) is 14.2. The van der Waals surface area contributed by atoms with Crippen LogP contribution in [-0.2, 0) is 14.8 Å². The van der Waals surface area contributed by atoms with Gasteiger partial charge in [-0.05, 0) is 37.8 Å². The number of carbonyl (C=O) groups is 1. The van der Waals surface area contributed by atoms with Gasteiger partial charge < -0.3 is 10.6 Å². The number of nitrogens with zero attached hydrogens (tertiary/aromatic N) is 1. The van der Waals surface area contributed by atoms with Gasteiger partial charge in [-0.15, -0.1) is 0 Å². The summed E-state index contributed by atoms with van der Waals surface area (Å²) in [6.45, 7) is -0.0248. The molecule has 3 rings (SSSR count). The van der Waals surface area contributed by atoms with E-state index in [9.17, 15) is 23.3 Å². The Bertz CT molecular complexity index is 768. The lowest BCUT2D eigenvalue weighted by atomic mass is 10.00. The van der Waals surface area contributed by atoms with Gasteiger partial charge >= 0.3 is 0 Å². The van der Waals surface area contributed by atoms with Crippen LogP contribution in [0.3, 0.4) is 0 Å². The number of fused-ring (bicyclic) bond motifs is 2. The zero-order valence-corrected chi connectivity index (χ0v) is 15.0. The molecule has 2 atom stereocenters. The summed E-state index contributed by atoms with van der Waals surface area (Å²) in [5, 5.41) is 17.1. The molecule has 2 bridgehead atoms. The van der Waals surface area contributed by atoms with Crippen molar-refractivity contribution in [3.05, 3.63) is 34.4 Å². The summed E-state index contributed by atoms with van der Waals surface area (Å²) >= 11 is 0. The fourth-order valence-corrected chi connectivity index (χ4v) is 4.64. The quantitative estimate of drug-likeness (QED) is 0.469. The fourth-order valence-electron chi connectivity index (χ4n) is 3.60. The van der Waals surface area contributed by atoms with Crippen molar-refractivity contribution < 1.29 is 18.1 Å². The smallest absolute Gasteiger partial charge is 0.269 e. The number of sulfonamides is 1. The number of benzene rings is 1. The van der Waals surface area contributed by atoms with Gasteiger partial charge in [0, 0.05) is 43.2 Å². The predicted octanol–water partition coefficient (Wildman–Crippen LogP) is 0.662. The minimum Gasteiger partial charge on any atom is -0.353 e. The van der Waals surface area contributed by atoms with Gasteiger partial charge in [0.1, 0.15) is 0 Å². The Kier molecular flexibility index (Phi) is 5.54. The highest BCUT2D eigenvalue weighted by atomic mass is 32.2. The number of hydrogen-bond acceptors (Lipinski definition) is 6. The molecule has 2 heterocycles. The number of hydrogen-bond donors (Lipinski definition) is 3. The minimum atomic E-state index is -3.80. The standard InChI is InChI=1S/C16H22N4O5S/c21-16(19-13-9-11-1-2-12(10-13)18-11)7-8-17-26(24,25)15-5-3-14(4-6-15)20(22)23/h3-6,11-13,17-18H,1-2,7-10H2,(H,19,21). The molecule has 9 nitrogen and oxygen atoms in total. The second kappa shape index (κ2) is 7.68. The van der Waals surface area contributed by atoms with Crippen molar-refractivity contribution in [3.8, 4) is 0 Å². The molecule has 142 valence electrons. The zero-order chi connectivity index (χ0) is 18.7. The van der Waals surface area contributed by atoms with Crippen LogP contribution in [0.15, 0.2) is 29.2 Å². The molecule has 10 heteroatoms. The molecule has 0 aromatic heterocycles. The first-order chi connectivity index (χ1) is 12.3. The normalized spacial score (nSPS) is 25.0. The largest absolute Gasteiger partial charge is 0.353 e. The van der Waals surface area contributed by atoms with Crippen LogP contribution >= 0.6 is 0 Å². The van der Waals surface area contributed by atoms with Crippen molar-refractivity contribution in [3.63, 3.8) is 0 Å². The van der Waals surface area contributed by atoms with Gasteiger partial charge in [-0.3, -0.25) is 14.9 Å². The highest BCUT2D eigenvalue weighted by molar-refractivity contribution is 7.89. The molecule has 1 aromatic carbocycles. The van der Waals surface area contributed by atoms with Crippen LogP contribution in [0.1, 0.15) is 32.1 Å². The number of nitro groups is 1. The maximum absolute atomic E-state index is 12.2. The molecule has 3 N–H and O–H groups in total. The van der Waals surface area contributed by atoms with Crippen LogP contribution in [0, 0.1) is 10.1 Å². The van der Waals surface area contributed by atoms with Crippen molar-refractivity contribution in [2.75, 3.05) is 6.54 Å². The molecule has 2 fully saturated rings. The van der Waals surface area contributed by atoms with Crippen molar-refractivity contribution in [2.45, 2.75) is 55.1 Å². The Balaban J connectivity index is 1.45. The van der Waals surface area contributed by atoms with Crippen LogP contribution in [0.4, 0.5) is 5.69 Å². The highest BCUT2D eigenvalue weighted by Gasteiger charge is 2.33. The molecule has 0 radical (unpaired) electrons. The third kappa shape index (κ3) is 4.57. The van der Waals surface area contributed by atoms with E-state index in [4.69, 9.17) is 0 Å². The molecule has 2 unspecified atom stereocenters. The maximum Gasteiger partial charge on any atom is 0.269 e. The van der Waals surface area contributed by atoms with E-state index in [1.54, 1.807) is 0 Å². The first-order valence-corrected chi connectivity index (χ1v) is 10.1. The monoisotopic (exact) mass is 382 g/mol. The first kappa shape index (κ1) is 18.7. The van der Waals surface area contributed by atoms with Crippen molar-refractivity contribution >= 4 is 21.6 Å². The van der Waals surface area contributed by atoms with E-state index in [0.29, 0.717) is 12.1 Å². The van der Waals surface area contributed by atoms with E-state index >= 15 is 0 Å². The van der Waals surface area contributed by atoms with E-state index in [1.165, 1.54) is 12.1 Å². The Morgan fingerprint density at radius 2 is 1.81 bits per heavy atom.